The number of nitrogens with zero attached hydrogens (tertiary/aromatic N) is 3. The zero-order valence-corrected chi connectivity index (χ0v) is 13.5. The van der Waals surface area contributed by atoms with E-state index in [9.17, 15) is 19.7 Å². The number of benzene rings is 1. The summed E-state index contributed by atoms with van der Waals surface area (Å²) in [6, 6.07) is 5.86. The molecule has 0 radical (unpaired) electrons. The number of hydrogen-bond donors (Lipinski definition) is 1. The Hall–Kier alpha value is -2.42. The lowest BCUT2D eigenvalue weighted by molar-refractivity contribution is -0.384. The topological polar surface area (TPSA) is 105 Å². The molecule has 9 heteroatoms. The maximum absolute atomic E-state index is 12.2. The number of aliphatic imine (C=N–C) groups is 1. The first-order chi connectivity index (χ1) is 10.9. The van der Waals surface area contributed by atoms with Gasteiger partial charge in [0.2, 0.25) is 11.8 Å². The third-order valence-corrected chi connectivity index (χ3v) is 4.38. The summed E-state index contributed by atoms with van der Waals surface area (Å²) in [5.74, 6) is -0.395. The number of amides is 2. The van der Waals surface area contributed by atoms with Crippen LogP contribution in [0.25, 0.3) is 0 Å². The van der Waals surface area contributed by atoms with E-state index < -0.39 is 10.2 Å². The molecule has 1 unspecified atom stereocenters. The Morgan fingerprint density at radius 1 is 1.52 bits per heavy atom. The number of nitro benzene ring substituents is 1. The number of carbonyl (C=O) groups excluding carboxylic acids is 2. The molecule has 2 rings (SSSR count). The molecule has 1 aliphatic heterocycles. The predicted octanol–water partition coefficient (Wildman–Crippen LogP) is 1.68. The fraction of sp³-hybridized carbons (Fsp3) is 0.357. The Morgan fingerprint density at radius 2 is 2.26 bits per heavy atom. The SMILES string of the molecule is CCNC(=O)CC1SC(=Nc2cccc([N+](=O)[O-])c2)N(C)C1=O. The lowest BCUT2D eigenvalue weighted by atomic mass is 10.2. The molecule has 0 bridgehead atoms. The van der Waals surface area contributed by atoms with E-state index in [2.05, 4.69) is 10.3 Å². The molecule has 0 saturated carbocycles. The van der Waals surface area contributed by atoms with E-state index >= 15 is 0 Å². The largest absolute Gasteiger partial charge is 0.356 e. The van der Waals surface area contributed by atoms with Crippen LogP contribution in [0.2, 0.25) is 0 Å². The Kier molecular flexibility index (Phi) is 5.32. The number of carbonyl (C=O) groups is 2. The minimum atomic E-state index is -0.524. The molecule has 1 atom stereocenters. The molecule has 23 heavy (non-hydrogen) atoms. The minimum Gasteiger partial charge on any atom is -0.356 e. The molecule has 0 aliphatic carbocycles. The summed E-state index contributed by atoms with van der Waals surface area (Å²) in [7, 11) is 1.57. The fourth-order valence-corrected chi connectivity index (χ4v) is 3.18. The van der Waals surface area contributed by atoms with Crippen LogP contribution in [0.3, 0.4) is 0 Å². The predicted molar refractivity (Wildman–Crippen MR) is 87.6 cm³/mol. The van der Waals surface area contributed by atoms with Gasteiger partial charge in [-0.1, -0.05) is 17.8 Å². The van der Waals surface area contributed by atoms with Gasteiger partial charge < -0.3 is 5.32 Å². The summed E-state index contributed by atoms with van der Waals surface area (Å²) in [4.78, 5) is 39.7. The van der Waals surface area contributed by atoms with Crippen molar-refractivity contribution in [3.8, 4) is 0 Å². The zero-order chi connectivity index (χ0) is 17.0. The second kappa shape index (κ2) is 7.23. The highest BCUT2D eigenvalue weighted by Crippen LogP contribution is 2.31. The molecule has 122 valence electrons. The van der Waals surface area contributed by atoms with Crippen LogP contribution in [-0.4, -0.2) is 45.6 Å². The van der Waals surface area contributed by atoms with Gasteiger partial charge in [-0.25, -0.2) is 4.99 Å². The molecule has 2 amide bonds. The van der Waals surface area contributed by atoms with Crippen molar-refractivity contribution in [2.24, 2.45) is 4.99 Å². The van der Waals surface area contributed by atoms with Gasteiger partial charge in [0.1, 0.15) is 5.25 Å². The van der Waals surface area contributed by atoms with E-state index in [-0.39, 0.29) is 23.9 Å². The molecule has 1 saturated heterocycles. The molecule has 1 N–H and O–H groups in total. The van der Waals surface area contributed by atoms with Crippen LogP contribution >= 0.6 is 11.8 Å². The van der Waals surface area contributed by atoms with Crippen LogP contribution in [0.15, 0.2) is 29.3 Å². The number of thioether (sulfide) groups is 1. The highest BCUT2D eigenvalue weighted by atomic mass is 32.2. The van der Waals surface area contributed by atoms with Gasteiger partial charge in [0.05, 0.1) is 10.6 Å². The molecule has 1 heterocycles. The fourth-order valence-electron chi connectivity index (χ4n) is 2.02. The zero-order valence-electron chi connectivity index (χ0n) is 12.7. The molecule has 8 nitrogen and oxygen atoms in total. The van der Waals surface area contributed by atoms with Crippen LogP contribution < -0.4 is 5.32 Å². The molecule has 1 fully saturated rings. The maximum Gasteiger partial charge on any atom is 0.271 e. The molecular weight excluding hydrogens is 320 g/mol. The quantitative estimate of drug-likeness (QED) is 0.650. The summed E-state index contributed by atoms with van der Waals surface area (Å²) < 4.78 is 0. The van der Waals surface area contributed by atoms with Crippen LogP contribution in [0.5, 0.6) is 0 Å². The van der Waals surface area contributed by atoms with Crippen molar-refractivity contribution in [3.05, 3.63) is 34.4 Å². The van der Waals surface area contributed by atoms with Gasteiger partial charge in [-0.05, 0) is 13.0 Å². The van der Waals surface area contributed by atoms with Crippen molar-refractivity contribution in [1.82, 2.24) is 10.2 Å². The Bertz CT molecular complexity index is 676. The average molecular weight is 336 g/mol. The van der Waals surface area contributed by atoms with Gasteiger partial charge in [0.25, 0.3) is 5.69 Å². The number of rotatable bonds is 5. The first-order valence-electron chi connectivity index (χ1n) is 6.96. The van der Waals surface area contributed by atoms with E-state index in [1.165, 1.54) is 34.9 Å². The molecule has 1 aliphatic rings. The van der Waals surface area contributed by atoms with Crippen molar-refractivity contribution in [2.45, 2.75) is 18.6 Å². The Balaban J connectivity index is 2.17. The second-order valence-electron chi connectivity index (χ2n) is 4.83. The van der Waals surface area contributed by atoms with E-state index in [0.29, 0.717) is 17.4 Å². The van der Waals surface area contributed by atoms with Gasteiger partial charge in [0, 0.05) is 32.1 Å². The number of non-ortho nitro benzene ring substituents is 1. The van der Waals surface area contributed by atoms with Crippen molar-refractivity contribution < 1.29 is 14.5 Å². The van der Waals surface area contributed by atoms with Crippen LogP contribution in [-0.2, 0) is 9.59 Å². The second-order valence-corrected chi connectivity index (χ2v) is 6.00. The van der Waals surface area contributed by atoms with Gasteiger partial charge >= 0.3 is 0 Å². The monoisotopic (exact) mass is 336 g/mol. The standard InChI is InChI=1S/C14H16N4O4S/c1-3-15-12(19)8-11-13(20)17(2)14(23-11)16-9-5-4-6-10(7-9)18(21)22/h4-7,11H,3,8H2,1-2H3,(H,15,19). The highest BCUT2D eigenvalue weighted by molar-refractivity contribution is 8.15. The lowest BCUT2D eigenvalue weighted by Gasteiger charge is -2.08. The van der Waals surface area contributed by atoms with Gasteiger partial charge in [-0.2, -0.15) is 0 Å². The summed E-state index contributed by atoms with van der Waals surface area (Å²) in [5, 5.41) is 13.3. The smallest absolute Gasteiger partial charge is 0.271 e. The third-order valence-electron chi connectivity index (χ3n) is 3.15. The van der Waals surface area contributed by atoms with Crippen LogP contribution in [0.4, 0.5) is 11.4 Å². The van der Waals surface area contributed by atoms with E-state index in [1.807, 2.05) is 6.92 Å². The van der Waals surface area contributed by atoms with Crippen molar-refractivity contribution in [3.63, 3.8) is 0 Å². The first kappa shape index (κ1) is 16.9. The van der Waals surface area contributed by atoms with Crippen LogP contribution in [0, 0.1) is 10.1 Å². The normalized spacial score (nSPS) is 19.2. The molecular formula is C14H16N4O4S. The third kappa shape index (κ3) is 4.07. The summed E-state index contributed by atoms with van der Waals surface area (Å²) in [6.07, 6.45) is 0.0790. The van der Waals surface area contributed by atoms with Gasteiger partial charge in [-0.3, -0.25) is 24.6 Å². The molecule has 1 aromatic carbocycles. The Morgan fingerprint density at radius 3 is 2.91 bits per heavy atom. The lowest BCUT2D eigenvalue weighted by Crippen LogP contribution is -2.32. The van der Waals surface area contributed by atoms with Crippen molar-refractivity contribution in [1.29, 1.82) is 0 Å². The van der Waals surface area contributed by atoms with Crippen molar-refractivity contribution in [2.75, 3.05) is 13.6 Å². The summed E-state index contributed by atoms with van der Waals surface area (Å²) >= 11 is 1.19. The maximum atomic E-state index is 12.2. The van der Waals surface area contributed by atoms with Crippen molar-refractivity contribution >= 4 is 40.1 Å². The number of amidine groups is 1. The molecule has 0 aromatic heterocycles. The van der Waals surface area contributed by atoms with Gasteiger partial charge in [-0.15, -0.1) is 0 Å². The average Bonchev–Trinajstić information content (AvgIpc) is 2.76. The first-order valence-corrected chi connectivity index (χ1v) is 7.84. The summed E-state index contributed by atoms with van der Waals surface area (Å²) in [5.41, 5.74) is 0.322. The number of hydrogen-bond acceptors (Lipinski definition) is 6. The number of nitro groups is 1. The molecule has 0 spiro atoms. The van der Waals surface area contributed by atoms with Gasteiger partial charge in [0.15, 0.2) is 5.17 Å². The number of nitrogens with one attached hydrogen (secondary N) is 1. The Labute approximate surface area is 137 Å². The minimum absolute atomic E-state index is 0.0669. The van der Waals surface area contributed by atoms with E-state index in [0.717, 1.165) is 0 Å². The van der Waals surface area contributed by atoms with Crippen LogP contribution in [0.1, 0.15) is 13.3 Å². The highest BCUT2D eigenvalue weighted by Gasteiger charge is 2.36. The van der Waals surface area contributed by atoms with E-state index in [4.69, 9.17) is 0 Å². The molecule has 1 aromatic rings. The van der Waals surface area contributed by atoms with E-state index in [1.54, 1.807) is 13.1 Å². The summed E-state index contributed by atoms with van der Waals surface area (Å²) in [6.45, 7) is 2.32.